The molecule has 2 aromatic carbocycles. The zero-order chi connectivity index (χ0) is 29.2. The number of nitrogens with zero attached hydrogens (tertiary/aromatic N) is 4. The SMILES string of the molecule is C[C@H]1CN([C@@H](C)CO)C(=O)c2cccc(NS(=O)(=O)c3cn(C)cn3)c2O[C@H]1CN(C)Cc1ccc(Cl)c(Cl)c1. The van der Waals surface area contributed by atoms with Crippen molar-refractivity contribution in [3.63, 3.8) is 0 Å². The number of benzene rings is 2. The number of ether oxygens (including phenoxy) is 1. The summed E-state index contributed by atoms with van der Waals surface area (Å²) >= 11 is 12.3. The topological polar surface area (TPSA) is 117 Å². The largest absolute Gasteiger partial charge is 0.486 e. The number of halogens is 2. The molecule has 3 atom stereocenters. The van der Waals surface area contributed by atoms with Crippen LogP contribution in [-0.4, -0.2) is 77.7 Å². The maximum Gasteiger partial charge on any atom is 0.281 e. The van der Waals surface area contributed by atoms with E-state index in [0.717, 1.165) is 5.56 Å². The number of aliphatic hydroxyl groups excluding tert-OH is 1. The van der Waals surface area contributed by atoms with Crippen LogP contribution in [0.4, 0.5) is 5.69 Å². The Hall–Kier alpha value is -2.83. The summed E-state index contributed by atoms with van der Waals surface area (Å²) in [5.74, 6) is -0.394. The fourth-order valence-corrected chi connectivity index (χ4v) is 5.95. The molecule has 0 saturated carbocycles. The number of rotatable bonds is 9. The van der Waals surface area contributed by atoms with E-state index in [1.54, 1.807) is 43.1 Å². The van der Waals surface area contributed by atoms with Gasteiger partial charge in [-0.25, -0.2) is 4.98 Å². The number of likely N-dealkylation sites (N-methyl/N-ethyl adjacent to an activating group) is 1. The summed E-state index contributed by atoms with van der Waals surface area (Å²) in [6.07, 6.45) is 2.34. The highest BCUT2D eigenvalue weighted by Gasteiger charge is 2.35. The van der Waals surface area contributed by atoms with Crippen molar-refractivity contribution < 1.29 is 23.1 Å². The van der Waals surface area contributed by atoms with E-state index >= 15 is 0 Å². The molecule has 1 aromatic heterocycles. The van der Waals surface area contributed by atoms with Gasteiger partial charge in [-0.3, -0.25) is 14.4 Å². The van der Waals surface area contributed by atoms with Crippen LogP contribution < -0.4 is 9.46 Å². The zero-order valence-electron chi connectivity index (χ0n) is 22.7. The van der Waals surface area contributed by atoms with Crippen molar-refractivity contribution in [2.45, 2.75) is 37.6 Å². The monoisotopic (exact) mass is 609 g/mol. The molecular weight excluding hydrogens is 577 g/mol. The van der Waals surface area contributed by atoms with Crippen molar-refractivity contribution in [2.24, 2.45) is 13.0 Å². The lowest BCUT2D eigenvalue weighted by molar-refractivity contribution is 0.0344. The fourth-order valence-electron chi connectivity index (χ4n) is 4.59. The minimum atomic E-state index is -4.06. The van der Waals surface area contributed by atoms with Crippen molar-refractivity contribution in [1.82, 2.24) is 19.4 Å². The molecule has 0 unspecified atom stereocenters. The van der Waals surface area contributed by atoms with Crippen LogP contribution in [0.15, 0.2) is 53.9 Å². The van der Waals surface area contributed by atoms with Gasteiger partial charge in [0.1, 0.15) is 6.10 Å². The number of hydrogen-bond donors (Lipinski definition) is 2. The van der Waals surface area contributed by atoms with E-state index in [-0.39, 0.29) is 40.5 Å². The summed E-state index contributed by atoms with van der Waals surface area (Å²) in [7, 11) is -0.454. The Kier molecular flexibility index (Phi) is 9.31. The molecule has 1 amide bonds. The predicted octanol–water partition coefficient (Wildman–Crippen LogP) is 3.88. The summed E-state index contributed by atoms with van der Waals surface area (Å²) < 4.78 is 36.8. The van der Waals surface area contributed by atoms with Gasteiger partial charge >= 0.3 is 0 Å². The number of carbonyl (C=O) groups is 1. The lowest BCUT2D eigenvalue weighted by atomic mass is 9.99. The van der Waals surface area contributed by atoms with Crippen LogP contribution in [0.3, 0.4) is 0 Å². The lowest BCUT2D eigenvalue weighted by Crippen LogP contribution is -2.49. The van der Waals surface area contributed by atoms with Crippen molar-refractivity contribution in [3.8, 4) is 5.75 Å². The number of para-hydroxylation sites is 1. The van der Waals surface area contributed by atoms with Crippen molar-refractivity contribution in [3.05, 3.63) is 70.1 Å². The van der Waals surface area contributed by atoms with Crippen LogP contribution in [-0.2, 0) is 23.6 Å². The van der Waals surface area contributed by atoms with Crippen LogP contribution >= 0.6 is 23.2 Å². The smallest absolute Gasteiger partial charge is 0.281 e. The molecule has 40 heavy (non-hydrogen) atoms. The summed E-state index contributed by atoms with van der Waals surface area (Å²) in [6.45, 7) is 4.87. The molecule has 0 bridgehead atoms. The second-order valence-corrected chi connectivity index (χ2v) is 12.7. The molecule has 10 nitrogen and oxygen atoms in total. The maximum absolute atomic E-state index is 13.7. The van der Waals surface area contributed by atoms with Crippen LogP contribution in [0, 0.1) is 5.92 Å². The van der Waals surface area contributed by atoms with E-state index in [1.165, 1.54) is 17.1 Å². The highest BCUT2D eigenvalue weighted by Crippen LogP contribution is 2.36. The molecule has 0 saturated heterocycles. The van der Waals surface area contributed by atoms with Gasteiger partial charge in [0.2, 0.25) is 0 Å². The Bertz CT molecular complexity index is 1480. The van der Waals surface area contributed by atoms with Gasteiger partial charge in [-0.15, -0.1) is 0 Å². The van der Waals surface area contributed by atoms with E-state index in [2.05, 4.69) is 14.6 Å². The number of sulfonamides is 1. The van der Waals surface area contributed by atoms with Crippen LogP contribution in [0.25, 0.3) is 0 Å². The number of anilines is 1. The molecule has 0 aliphatic carbocycles. The third-order valence-corrected chi connectivity index (χ3v) is 8.81. The average molecular weight is 611 g/mol. The van der Waals surface area contributed by atoms with Gasteiger partial charge in [0, 0.05) is 38.8 Å². The van der Waals surface area contributed by atoms with Crippen molar-refractivity contribution >= 4 is 44.8 Å². The summed E-state index contributed by atoms with van der Waals surface area (Å²) in [5.41, 5.74) is 1.29. The Labute approximate surface area is 244 Å². The third-order valence-electron chi connectivity index (χ3n) is 6.82. The van der Waals surface area contributed by atoms with Gasteiger partial charge in [0.05, 0.1) is 40.3 Å². The lowest BCUT2D eigenvalue weighted by Gasteiger charge is -2.38. The van der Waals surface area contributed by atoms with E-state index in [4.69, 9.17) is 27.9 Å². The van der Waals surface area contributed by atoms with Crippen LogP contribution in [0.2, 0.25) is 10.0 Å². The van der Waals surface area contributed by atoms with Gasteiger partial charge < -0.3 is 19.3 Å². The van der Waals surface area contributed by atoms with Gasteiger partial charge in [0.15, 0.2) is 10.8 Å². The fraction of sp³-hybridized carbons (Fsp3) is 0.407. The maximum atomic E-state index is 13.7. The molecule has 2 N–H and O–H groups in total. The highest BCUT2D eigenvalue weighted by atomic mass is 35.5. The number of imidazole rings is 1. The number of aryl methyl sites for hydroxylation is 1. The molecular formula is C27H33Cl2N5O5S. The number of amides is 1. The van der Waals surface area contributed by atoms with Crippen LogP contribution in [0.5, 0.6) is 5.75 Å². The first kappa shape index (κ1) is 30.1. The molecule has 4 rings (SSSR count). The summed E-state index contributed by atoms with van der Waals surface area (Å²) in [5, 5.41) is 10.7. The molecule has 1 aliphatic heterocycles. The second kappa shape index (κ2) is 12.4. The number of aromatic nitrogens is 2. The van der Waals surface area contributed by atoms with Gasteiger partial charge in [-0.1, -0.05) is 42.3 Å². The number of fused-ring (bicyclic) bond motifs is 1. The van der Waals surface area contributed by atoms with Gasteiger partial charge in [-0.05, 0) is 43.8 Å². The molecule has 3 aromatic rings. The van der Waals surface area contributed by atoms with E-state index in [9.17, 15) is 18.3 Å². The minimum Gasteiger partial charge on any atom is -0.486 e. The Morgan fingerprint density at radius 2 is 2.00 bits per heavy atom. The summed E-state index contributed by atoms with van der Waals surface area (Å²) in [6, 6.07) is 9.74. The Morgan fingerprint density at radius 3 is 2.65 bits per heavy atom. The van der Waals surface area contributed by atoms with Gasteiger partial charge in [-0.2, -0.15) is 8.42 Å². The number of carbonyl (C=O) groups excluding carboxylic acids is 1. The quantitative estimate of drug-likeness (QED) is 0.378. The predicted molar refractivity (Wildman–Crippen MR) is 154 cm³/mol. The highest BCUT2D eigenvalue weighted by molar-refractivity contribution is 7.92. The molecule has 0 radical (unpaired) electrons. The van der Waals surface area contributed by atoms with Crippen molar-refractivity contribution in [1.29, 1.82) is 0 Å². The minimum absolute atomic E-state index is 0.124. The molecule has 2 heterocycles. The Morgan fingerprint density at radius 1 is 1.25 bits per heavy atom. The van der Waals surface area contributed by atoms with E-state index in [0.29, 0.717) is 29.7 Å². The first-order chi connectivity index (χ1) is 18.9. The first-order valence-electron chi connectivity index (χ1n) is 12.7. The van der Waals surface area contributed by atoms with Crippen LogP contribution in [0.1, 0.15) is 29.8 Å². The zero-order valence-corrected chi connectivity index (χ0v) is 25.0. The summed E-state index contributed by atoms with van der Waals surface area (Å²) in [4.78, 5) is 21.3. The second-order valence-electron chi connectivity index (χ2n) is 10.2. The molecule has 1 aliphatic rings. The number of hydrogen-bond acceptors (Lipinski definition) is 7. The first-order valence-corrected chi connectivity index (χ1v) is 15.0. The van der Waals surface area contributed by atoms with E-state index in [1.807, 2.05) is 26.1 Å². The molecule has 13 heteroatoms. The standard InChI is InChI=1S/C27H33Cl2N5O5S/c1-17-11-34(18(2)15-35)27(36)20-6-5-7-23(31-40(37,38)25-14-33(4)16-30-25)26(20)39-24(17)13-32(3)12-19-8-9-21(28)22(29)10-19/h5-10,14,16-18,24,31,35H,11-13,15H2,1-4H3/t17-,18-,24-/m0/s1. The molecule has 0 fully saturated rings. The normalized spacial score (nSPS) is 18.6. The number of nitrogens with one attached hydrogen (secondary N) is 1. The van der Waals surface area contributed by atoms with Gasteiger partial charge in [0.25, 0.3) is 15.9 Å². The van der Waals surface area contributed by atoms with Crippen molar-refractivity contribution in [2.75, 3.05) is 31.5 Å². The third kappa shape index (κ3) is 6.72. The Balaban J connectivity index is 1.69. The number of aliphatic hydroxyl groups is 1. The average Bonchev–Trinajstić information content (AvgIpc) is 3.35. The molecule has 0 spiro atoms. The molecule has 216 valence electrons. The van der Waals surface area contributed by atoms with E-state index < -0.39 is 22.2 Å².